The molecule has 2 atom stereocenters. The average molecular weight is 399 g/mol. The number of fused-ring (bicyclic) bond motifs is 1. The molecule has 0 aliphatic carbocycles. The molecule has 0 aliphatic heterocycles. The Morgan fingerprint density at radius 3 is 2.75 bits per heavy atom. The van der Waals surface area contributed by atoms with E-state index in [0.717, 1.165) is 17.7 Å². The number of aromatic nitrogens is 2. The van der Waals surface area contributed by atoms with Gasteiger partial charge in [0.05, 0.1) is 17.0 Å². The van der Waals surface area contributed by atoms with Crippen LogP contribution in [0.3, 0.4) is 0 Å². The van der Waals surface area contributed by atoms with Crippen LogP contribution in [-0.2, 0) is 0 Å². The number of aliphatic hydroxyl groups excluding tert-OH is 1. The van der Waals surface area contributed by atoms with Crippen LogP contribution in [-0.4, -0.2) is 33.1 Å². The van der Waals surface area contributed by atoms with Gasteiger partial charge in [0.15, 0.2) is 5.16 Å². The van der Waals surface area contributed by atoms with Crippen LogP contribution >= 0.6 is 11.8 Å². The lowest BCUT2D eigenvalue weighted by Crippen LogP contribution is -2.27. The monoisotopic (exact) mass is 398 g/mol. The lowest BCUT2D eigenvalue weighted by atomic mass is 10.2. The van der Waals surface area contributed by atoms with E-state index >= 15 is 0 Å². The fraction of sp³-hybridized carbons (Fsp3) is 0.364. The van der Waals surface area contributed by atoms with Crippen molar-refractivity contribution in [2.75, 3.05) is 12.4 Å². The number of para-hydroxylation sites is 1. The SMILES string of the molecule is CC[C@H](C)n1c(SC[C@H](O)COc2cccc(C)c2)nc2ccccc2c1=O. The third-order valence-corrected chi connectivity index (χ3v) is 5.74. The van der Waals surface area contributed by atoms with Gasteiger partial charge in [0.1, 0.15) is 12.4 Å². The summed E-state index contributed by atoms with van der Waals surface area (Å²) in [5.41, 5.74) is 1.76. The number of benzene rings is 2. The van der Waals surface area contributed by atoms with Gasteiger partial charge in [-0.05, 0) is 50.1 Å². The first kappa shape index (κ1) is 20.4. The maximum atomic E-state index is 13.0. The average Bonchev–Trinajstić information content (AvgIpc) is 2.70. The Labute approximate surface area is 169 Å². The Hall–Kier alpha value is -2.31. The van der Waals surface area contributed by atoms with Crippen LogP contribution < -0.4 is 10.3 Å². The predicted octanol–water partition coefficient (Wildman–Crippen LogP) is 4.21. The molecule has 0 saturated carbocycles. The van der Waals surface area contributed by atoms with Crippen molar-refractivity contribution in [2.45, 2.75) is 44.5 Å². The highest BCUT2D eigenvalue weighted by atomic mass is 32.2. The first-order chi connectivity index (χ1) is 13.5. The highest BCUT2D eigenvalue weighted by Gasteiger charge is 2.17. The van der Waals surface area contributed by atoms with Crippen LogP contribution in [0.4, 0.5) is 0 Å². The number of ether oxygens (including phenoxy) is 1. The molecule has 0 saturated heterocycles. The molecule has 0 radical (unpaired) electrons. The van der Waals surface area contributed by atoms with Crippen molar-refractivity contribution in [2.24, 2.45) is 0 Å². The second kappa shape index (κ2) is 9.26. The molecule has 3 aromatic rings. The van der Waals surface area contributed by atoms with Crippen molar-refractivity contribution in [3.05, 3.63) is 64.4 Å². The molecule has 0 bridgehead atoms. The first-order valence-corrected chi connectivity index (χ1v) is 10.5. The molecule has 1 aromatic heterocycles. The van der Waals surface area contributed by atoms with E-state index in [4.69, 9.17) is 4.74 Å². The zero-order valence-corrected chi connectivity index (χ0v) is 17.3. The van der Waals surface area contributed by atoms with Crippen molar-refractivity contribution < 1.29 is 9.84 Å². The summed E-state index contributed by atoms with van der Waals surface area (Å²) in [5.74, 6) is 1.14. The third kappa shape index (κ3) is 4.75. The summed E-state index contributed by atoms with van der Waals surface area (Å²) in [6, 6.07) is 15.2. The van der Waals surface area contributed by atoms with Crippen LogP contribution in [0.2, 0.25) is 0 Å². The summed E-state index contributed by atoms with van der Waals surface area (Å²) in [6.45, 7) is 6.25. The van der Waals surface area contributed by atoms with Gasteiger partial charge in [0.25, 0.3) is 5.56 Å². The van der Waals surface area contributed by atoms with E-state index in [0.29, 0.717) is 21.8 Å². The van der Waals surface area contributed by atoms with Crippen molar-refractivity contribution in [3.63, 3.8) is 0 Å². The fourth-order valence-electron chi connectivity index (χ4n) is 2.92. The first-order valence-electron chi connectivity index (χ1n) is 9.51. The molecular formula is C22H26N2O3S. The zero-order chi connectivity index (χ0) is 20.1. The molecule has 1 heterocycles. The number of aryl methyl sites for hydroxylation is 1. The Kier molecular flexibility index (Phi) is 6.75. The Morgan fingerprint density at radius 1 is 1.21 bits per heavy atom. The number of rotatable bonds is 8. The maximum Gasteiger partial charge on any atom is 0.262 e. The van der Waals surface area contributed by atoms with Crippen LogP contribution in [0.15, 0.2) is 58.5 Å². The van der Waals surface area contributed by atoms with Gasteiger partial charge >= 0.3 is 0 Å². The van der Waals surface area contributed by atoms with E-state index in [9.17, 15) is 9.90 Å². The molecule has 6 heteroatoms. The van der Waals surface area contributed by atoms with E-state index in [-0.39, 0.29) is 18.2 Å². The normalized spacial score (nSPS) is 13.4. The van der Waals surface area contributed by atoms with Gasteiger partial charge in [-0.1, -0.05) is 43.0 Å². The molecule has 3 rings (SSSR count). The topological polar surface area (TPSA) is 64.3 Å². The molecule has 5 nitrogen and oxygen atoms in total. The van der Waals surface area contributed by atoms with E-state index in [2.05, 4.69) is 4.98 Å². The molecule has 148 valence electrons. The summed E-state index contributed by atoms with van der Waals surface area (Å²) in [4.78, 5) is 17.6. The van der Waals surface area contributed by atoms with Crippen LogP contribution in [0.5, 0.6) is 5.75 Å². The highest BCUT2D eigenvalue weighted by Crippen LogP contribution is 2.23. The van der Waals surface area contributed by atoms with Crippen molar-refractivity contribution in [1.82, 2.24) is 9.55 Å². The molecule has 2 aromatic carbocycles. The number of hydrogen-bond donors (Lipinski definition) is 1. The summed E-state index contributed by atoms with van der Waals surface area (Å²) < 4.78 is 7.41. The smallest absolute Gasteiger partial charge is 0.262 e. The third-order valence-electron chi connectivity index (χ3n) is 4.64. The van der Waals surface area contributed by atoms with Crippen LogP contribution in [0.25, 0.3) is 10.9 Å². The minimum absolute atomic E-state index is 0.0343. The number of hydrogen-bond acceptors (Lipinski definition) is 5. The van der Waals surface area contributed by atoms with Gasteiger partial charge in [0, 0.05) is 11.8 Å². The number of nitrogens with zero attached hydrogens (tertiary/aromatic N) is 2. The quantitative estimate of drug-likeness (QED) is 0.455. The van der Waals surface area contributed by atoms with Crippen LogP contribution in [0, 0.1) is 6.92 Å². The summed E-state index contributed by atoms with van der Waals surface area (Å²) in [6.07, 6.45) is 0.159. The molecule has 0 aliphatic rings. The van der Waals surface area contributed by atoms with E-state index < -0.39 is 6.10 Å². The van der Waals surface area contributed by atoms with Gasteiger partial charge < -0.3 is 9.84 Å². The van der Waals surface area contributed by atoms with Crippen molar-refractivity contribution >= 4 is 22.7 Å². The number of aliphatic hydroxyl groups is 1. The summed E-state index contributed by atoms with van der Waals surface area (Å²) >= 11 is 1.39. The lowest BCUT2D eigenvalue weighted by molar-refractivity contribution is 0.126. The summed E-state index contributed by atoms with van der Waals surface area (Å²) in [7, 11) is 0. The standard InChI is InChI=1S/C22H26N2O3S/c1-4-16(3)24-21(26)19-10-5-6-11-20(19)23-22(24)28-14-17(25)13-27-18-9-7-8-15(2)12-18/h5-12,16-17,25H,4,13-14H2,1-3H3/t16-,17+/m0/s1. The molecule has 0 amide bonds. The zero-order valence-electron chi connectivity index (χ0n) is 16.5. The molecule has 0 spiro atoms. The highest BCUT2D eigenvalue weighted by molar-refractivity contribution is 7.99. The Balaban J connectivity index is 1.74. The number of thioether (sulfide) groups is 1. The molecule has 1 N–H and O–H groups in total. The minimum Gasteiger partial charge on any atom is -0.491 e. The van der Waals surface area contributed by atoms with Gasteiger partial charge in [-0.15, -0.1) is 0 Å². The minimum atomic E-state index is -0.667. The second-order valence-electron chi connectivity index (χ2n) is 6.94. The molecule has 0 unspecified atom stereocenters. The van der Waals surface area contributed by atoms with E-state index in [1.807, 2.05) is 69.3 Å². The molecule has 0 fully saturated rings. The molecular weight excluding hydrogens is 372 g/mol. The Morgan fingerprint density at radius 2 is 2.00 bits per heavy atom. The van der Waals surface area contributed by atoms with Gasteiger partial charge in [0.2, 0.25) is 0 Å². The van der Waals surface area contributed by atoms with Crippen molar-refractivity contribution in [1.29, 1.82) is 0 Å². The van der Waals surface area contributed by atoms with Gasteiger partial charge in [-0.2, -0.15) is 0 Å². The fourth-order valence-corrected chi connectivity index (χ4v) is 3.92. The summed E-state index contributed by atoms with van der Waals surface area (Å²) in [5, 5.41) is 11.6. The van der Waals surface area contributed by atoms with Gasteiger partial charge in [-0.3, -0.25) is 9.36 Å². The second-order valence-corrected chi connectivity index (χ2v) is 7.92. The Bertz CT molecular complexity index is 1000. The van der Waals surface area contributed by atoms with Crippen molar-refractivity contribution in [3.8, 4) is 5.75 Å². The van der Waals surface area contributed by atoms with Gasteiger partial charge in [-0.25, -0.2) is 4.98 Å². The molecule has 28 heavy (non-hydrogen) atoms. The largest absolute Gasteiger partial charge is 0.491 e. The van der Waals surface area contributed by atoms with E-state index in [1.54, 1.807) is 4.57 Å². The maximum absolute atomic E-state index is 13.0. The van der Waals surface area contributed by atoms with Crippen LogP contribution in [0.1, 0.15) is 31.9 Å². The van der Waals surface area contributed by atoms with E-state index in [1.165, 1.54) is 11.8 Å². The lowest BCUT2D eigenvalue weighted by Gasteiger charge is -2.19. The predicted molar refractivity (Wildman–Crippen MR) is 114 cm³/mol.